The van der Waals surface area contributed by atoms with Crippen LogP contribution in [0.5, 0.6) is 0 Å². The number of aryl methyl sites for hydroxylation is 1. The van der Waals surface area contributed by atoms with Gasteiger partial charge in [0, 0.05) is 12.5 Å². The van der Waals surface area contributed by atoms with E-state index in [1.54, 1.807) is 13.0 Å². The number of furan rings is 1. The molecule has 2 rings (SSSR count). The summed E-state index contributed by atoms with van der Waals surface area (Å²) < 4.78 is 10.6. The number of ether oxygens (including phenoxy) is 1. The number of aliphatic carboxylic acids is 1. The molecule has 0 bridgehead atoms. The molecule has 1 aromatic heterocycles. The van der Waals surface area contributed by atoms with Crippen LogP contribution in [-0.2, 0) is 9.53 Å². The molecule has 1 heterocycles. The van der Waals surface area contributed by atoms with Crippen LogP contribution in [0.4, 0.5) is 0 Å². The van der Waals surface area contributed by atoms with Gasteiger partial charge < -0.3 is 19.6 Å². The fraction of sp³-hybridized carbons (Fsp3) is 0.375. The van der Waals surface area contributed by atoms with E-state index in [2.05, 4.69) is 5.32 Å². The summed E-state index contributed by atoms with van der Waals surface area (Å²) in [4.78, 5) is 23.3. The minimum absolute atomic E-state index is 0.0876. The van der Waals surface area contributed by atoms with E-state index in [0.29, 0.717) is 5.58 Å². The minimum Gasteiger partial charge on any atom is -0.481 e. The SMILES string of the molecule is COC[C@](C)(CC(=O)O)NC(=O)c1cc2cccc(C)c2o1. The van der Waals surface area contributed by atoms with Crippen LogP contribution in [0.1, 0.15) is 29.5 Å². The van der Waals surface area contributed by atoms with Crippen molar-refractivity contribution in [3.05, 3.63) is 35.6 Å². The average molecular weight is 305 g/mol. The monoisotopic (exact) mass is 305 g/mol. The van der Waals surface area contributed by atoms with Crippen LogP contribution >= 0.6 is 0 Å². The van der Waals surface area contributed by atoms with Gasteiger partial charge in [-0.25, -0.2) is 0 Å². The largest absolute Gasteiger partial charge is 0.481 e. The summed E-state index contributed by atoms with van der Waals surface area (Å²) in [6.45, 7) is 3.60. The quantitative estimate of drug-likeness (QED) is 0.855. The molecule has 0 aliphatic carbocycles. The second kappa shape index (κ2) is 6.19. The van der Waals surface area contributed by atoms with E-state index in [1.807, 2.05) is 25.1 Å². The van der Waals surface area contributed by atoms with Gasteiger partial charge in [-0.2, -0.15) is 0 Å². The lowest BCUT2D eigenvalue weighted by atomic mass is 9.99. The molecule has 0 fully saturated rings. The van der Waals surface area contributed by atoms with Crippen molar-refractivity contribution in [2.24, 2.45) is 0 Å². The molecule has 118 valence electrons. The lowest BCUT2D eigenvalue weighted by Gasteiger charge is -2.27. The van der Waals surface area contributed by atoms with Crippen LogP contribution in [0.3, 0.4) is 0 Å². The maximum atomic E-state index is 12.3. The van der Waals surface area contributed by atoms with E-state index in [1.165, 1.54) is 7.11 Å². The number of carbonyl (C=O) groups excluding carboxylic acids is 1. The summed E-state index contributed by atoms with van der Waals surface area (Å²) in [5.41, 5.74) is 0.576. The molecule has 2 aromatic rings. The standard InChI is InChI=1S/C16H19NO5/c1-10-5-4-6-11-7-12(22-14(10)11)15(20)17-16(2,9-21-3)8-13(18)19/h4-7H,8-9H2,1-3H3,(H,17,20)(H,18,19)/t16-/m0/s1. The highest BCUT2D eigenvalue weighted by molar-refractivity contribution is 5.97. The van der Waals surface area contributed by atoms with E-state index >= 15 is 0 Å². The van der Waals surface area contributed by atoms with E-state index in [9.17, 15) is 9.59 Å². The fourth-order valence-electron chi connectivity index (χ4n) is 2.44. The zero-order valence-electron chi connectivity index (χ0n) is 12.8. The Morgan fingerprint density at radius 2 is 2.14 bits per heavy atom. The molecule has 6 heteroatoms. The molecule has 0 radical (unpaired) electrons. The number of rotatable bonds is 6. The summed E-state index contributed by atoms with van der Waals surface area (Å²) in [5.74, 6) is -1.33. The number of hydrogen-bond acceptors (Lipinski definition) is 4. The van der Waals surface area contributed by atoms with E-state index in [-0.39, 0.29) is 18.8 Å². The Balaban J connectivity index is 2.25. The van der Waals surface area contributed by atoms with Crippen molar-refractivity contribution >= 4 is 22.8 Å². The lowest BCUT2D eigenvalue weighted by Crippen LogP contribution is -2.50. The average Bonchev–Trinajstić information content (AvgIpc) is 2.83. The second-order valence-corrected chi connectivity index (χ2v) is 5.62. The molecular weight excluding hydrogens is 286 g/mol. The molecule has 0 saturated heterocycles. The Morgan fingerprint density at radius 1 is 1.41 bits per heavy atom. The maximum absolute atomic E-state index is 12.3. The van der Waals surface area contributed by atoms with E-state index in [4.69, 9.17) is 14.3 Å². The van der Waals surface area contributed by atoms with Gasteiger partial charge in [0.1, 0.15) is 5.58 Å². The van der Waals surface area contributed by atoms with Gasteiger partial charge in [-0.1, -0.05) is 18.2 Å². The molecule has 1 aromatic carbocycles. The molecule has 6 nitrogen and oxygen atoms in total. The Kier molecular flexibility index (Phi) is 4.51. The van der Waals surface area contributed by atoms with Crippen molar-refractivity contribution in [2.45, 2.75) is 25.8 Å². The molecule has 22 heavy (non-hydrogen) atoms. The number of amides is 1. The number of nitrogens with one attached hydrogen (secondary N) is 1. The van der Waals surface area contributed by atoms with E-state index < -0.39 is 17.4 Å². The Hall–Kier alpha value is -2.34. The third kappa shape index (κ3) is 3.46. The van der Waals surface area contributed by atoms with Gasteiger partial charge in [-0.05, 0) is 25.5 Å². The van der Waals surface area contributed by atoms with Crippen LogP contribution in [0.25, 0.3) is 11.0 Å². The fourth-order valence-corrected chi connectivity index (χ4v) is 2.44. The minimum atomic E-state index is -1.01. The molecule has 1 amide bonds. The smallest absolute Gasteiger partial charge is 0.305 e. The normalized spacial score (nSPS) is 13.8. The zero-order valence-corrected chi connectivity index (χ0v) is 12.8. The van der Waals surface area contributed by atoms with Crippen LogP contribution < -0.4 is 5.32 Å². The maximum Gasteiger partial charge on any atom is 0.305 e. The van der Waals surface area contributed by atoms with Gasteiger partial charge in [0.05, 0.1) is 18.6 Å². The predicted octanol–water partition coefficient (Wildman–Crippen LogP) is 2.35. The van der Waals surface area contributed by atoms with Gasteiger partial charge in [0.2, 0.25) is 0 Å². The first-order valence-electron chi connectivity index (χ1n) is 6.87. The number of hydrogen-bond donors (Lipinski definition) is 2. The number of fused-ring (bicyclic) bond motifs is 1. The van der Waals surface area contributed by atoms with E-state index in [0.717, 1.165) is 10.9 Å². The van der Waals surface area contributed by atoms with Crippen LogP contribution in [-0.4, -0.2) is 36.2 Å². The van der Waals surface area contributed by atoms with Crippen LogP contribution in [0.15, 0.2) is 28.7 Å². The van der Waals surface area contributed by atoms with Crippen molar-refractivity contribution in [3.8, 4) is 0 Å². The van der Waals surface area contributed by atoms with Gasteiger partial charge in [0.25, 0.3) is 5.91 Å². The van der Waals surface area contributed by atoms with Crippen molar-refractivity contribution in [3.63, 3.8) is 0 Å². The number of carboxylic acids is 1. The van der Waals surface area contributed by atoms with Crippen LogP contribution in [0, 0.1) is 6.92 Å². The summed E-state index contributed by atoms with van der Waals surface area (Å²) in [7, 11) is 1.46. The van der Waals surface area contributed by atoms with Gasteiger partial charge >= 0.3 is 5.97 Å². The highest BCUT2D eigenvalue weighted by Crippen LogP contribution is 2.23. The Labute approximate surface area is 128 Å². The third-order valence-electron chi connectivity index (χ3n) is 3.38. The van der Waals surface area contributed by atoms with Crippen molar-refractivity contribution in [2.75, 3.05) is 13.7 Å². The third-order valence-corrected chi connectivity index (χ3v) is 3.38. The number of methoxy groups -OCH3 is 1. The Bertz CT molecular complexity index is 706. The summed E-state index contributed by atoms with van der Waals surface area (Å²) in [6.07, 6.45) is -0.244. The van der Waals surface area contributed by atoms with Crippen LogP contribution in [0.2, 0.25) is 0 Å². The first-order chi connectivity index (χ1) is 10.3. The zero-order chi connectivity index (χ0) is 16.3. The van der Waals surface area contributed by atoms with Gasteiger partial charge in [-0.15, -0.1) is 0 Å². The molecule has 0 unspecified atom stereocenters. The van der Waals surface area contributed by atoms with Crippen molar-refractivity contribution in [1.82, 2.24) is 5.32 Å². The molecule has 0 spiro atoms. The number of carbonyl (C=O) groups is 2. The summed E-state index contributed by atoms with van der Waals surface area (Å²) in [5, 5.41) is 12.5. The van der Waals surface area contributed by atoms with Crippen molar-refractivity contribution in [1.29, 1.82) is 0 Å². The van der Waals surface area contributed by atoms with Gasteiger partial charge in [0.15, 0.2) is 5.76 Å². The molecule has 0 aliphatic rings. The van der Waals surface area contributed by atoms with Crippen molar-refractivity contribution < 1.29 is 23.8 Å². The topological polar surface area (TPSA) is 88.8 Å². The second-order valence-electron chi connectivity index (χ2n) is 5.62. The summed E-state index contributed by atoms with van der Waals surface area (Å²) >= 11 is 0. The highest BCUT2D eigenvalue weighted by atomic mass is 16.5. The number of carboxylic acid groups (broad SMARTS) is 1. The molecule has 0 saturated carbocycles. The molecule has 1 atom stereocenters. The molecule has 2 N–H and O–H groups in total. The first kappa shape index (κ1) is 16.0. The number of benzene rings is 1. The molecular formula is C16H19NO5. The molecule has 0 aliphatic heterocycles. The summed E-state index contributed by atoms with van der Waals surface area (Å²) in [6, 6.07) is 7.28. The van der Waals surface area contributed by atoms with Gasteiger partial charge in [-0.3, -0.25) is 9.59 Å². The first-order valence-corrected chi connectivity index (χ1v) is 6.87. The Morgan fingerprint density at radius 3 is 2.73 bits per heavy atom. The highest BCUT2D eigenvalue weighted by Gasteiger charge is 2.31. The lowest BCUT2D eigenvalue weighted by molar-refractivity contribution is -0.139. The number of para-hydroxylation sites is 1. The predicted molar refractivity (Wildman–Crippen MR) is 81.0 cm³/mol.